The lowest BCUT2D eigenvalue weighted by molar-refractivity contribution is 0.249. The Kier molecular flexibility index (Phi) is 4.63. The molecule has 6 heteroatoms. The summed E-state index contributed by atoms with van der Waals surface area (Å²) in [5.41, 5.74) is 1.04. The second-order valence-corrected chi connectivity index (χ2v) is 7.89. The Morgan fingerprint density at radius 1 is 1.04 bits per heavy atom. The minimum Gasteiger partial charge on any atom is -0.354 e. The first-order valence-corrected chi connectivity index (χ1v) is 9.59. The summed E-state index contributed by atoms with van der Waals surface area (Å²) in [5, 5.41) is 0. The van der Waals surface area contributed by atoms with Crippen LogP contribution in [0.3, 0.4) is 0 Å². The Labute approximate surface area is 137 Å². The lowest BCUT2D eigenvalue weighted by Gasteiger charge is -2.35. The molecule has 1 aromatic heterocycles. The van der Waals surface area contributed by atoms with Crippen LogP contribution in [0.2, 0.25) is 0 Å². The third-order valence-electron chi connectivity index (χ3n) is 4.08. The first kappa shape index (κ1) is 16.0. The average molecular weight is 331 g/mol. The summed E-state index contributed by atoms with van der Waals surface area (Å²) < 4.78 is 23.3. The fourth-order valence-corrected chi connectivity index (χ4v) is 3.50. The molecule has 0 unspecified atom stereocenters. The molecule has 0 atom stereocenters. The molecule has 122 valence electrons. The molecule has 0 N–H and O–H groups in total. The SMILES string of the molecule is CS(=O)(=O)c1cccc(CN2CCN(c3ccccn3)CC2)c1. The number of pyridine rings is 1. The van der Waals surface area contributed by atoms with E-state index in [9.17, 15) is 8.42 Å². The summed E-state index contributed by atoms with van der Waals surface area (Å²) in [5.74, 6) is 1.02. The molecule has 3 rings (SSSR count). The van der Waals surface area contributed by atoms with Crippen LogP contribution in [-0.2, 0) is 16.4 Å². The highest BCUT2D eigenvalue weighted by atomic mass is 32.2. The smallest absolute Gasteiger partial charge is 0.175 e. The molecular weight excluding hydrogens is 310 g/mol. The van der Waals surface area contributed by atoms with Gasteiger partial charge in [-0.15, -0.1) is 0 Å². The van der Waals surface area contributed by atoms with Gasteiger partial charge in [-0.1, -0.05) is 18.2 Å². The highest BCUT2D eigenvalue weighted by Gasteiger charge is 2.18. The van der Waals surface area contributed by atoms with E-state index in [0.29, 0.717) is 4.90 Å². The topological polar surface area (TPSA) is 53.5 Å². The number of aromatic nitrogens is 1. The summed E-state index contributed by atoms with van der Waals surface area (Å²) in [6.07, 6.45) is 3.07. The number of hydrogen-bond acceptors (Lipinski definition) is 5. The quantitative estimate of drug-likeness (QED) is 0.855. The van der Waals surface area contributed by atoms with E-state index in [1.165, 1.54) is 6.26 Å². The Hall–Kier alpha value is -1.92. The Morgan fingerprint density at radius 3 is 2.48 bits per heavy atom. The molecule has 1 fully saturated rings. The molecule has 0 spiro atoms. The molecule has 2 aromatic rings. The number of rotatable bonds is 4. The molecule has 0 aliphatic carbocycles. The lowest BCUT2D eigenvalue weighted by atomic mass is 10.2. The van der Waals surface area contributed by atoms with Crippen LogP contribution >= 0.6 is 0 Å². The van der Waals surface area contributed by atoms with Gasteiger partial charge in [0.15, 0.2) is 9.84 Å². The predicted molar refractivity (Wildman–Crippen MR) is 91.3 cm³/mol. The van der Waals surface area contributed by atoms with E-state index in [1.54, 1.807) is 12.1 Å². The molecule has 0 amide bonds. The standard InChI is InChI=1S/C17H21N3O2S/c1-23(21,22)16-6-4-5-15(13-16)14-19-9-11-20(12-10-19)17-7-2-3-8-18-17/h2-8,13H,9-12,14H2,1H3. The molecule has 2 heterocycles. The molecule has 1 aromatic carbocycles. The highest BCUT2D eigenvalue weighted by molar-refractivity contribution is 7.90. The molecule has 0 saturated carbocycles. The van der Waals surface area contributed by atoms with Crippen molar-refractivity contribution in [3.8, 4) is 0 Å². The van der Waals surface area contributed by atoms with Crippen molar-refractivity contribution in [3.05, 3.63) is 54.2 Å². The fourth-order valence-electron chi connectivity index (χ4n) is 2.81. The normalized spacial score (nSPS) is 16.5. The van der Waals surface area contributed by atoms with Gasteiger partial charge in [0.05, 0.1) is 4.90 Å². The van der Waals surface area contributed by atoms with Crippen molar-refractivity contribution >= 4 is 15.7 Å². The van der Waals surface area contributed by atoms with Crippen LogP contribution in [-0.4, -0.2) is 50.7 Å². The van der Waals surface area contributed by atoms with Gasteiger partial charge in [-0.2, -0.15) is 0 Å². The molecule has 1 saturated heterocycles. The van der Waals surface area contributed by atoms with Gasteiger partial charge in [-0.25, -0.2) is 13.4 Å². The van der Waals surface area contributed by atoms with Crippen LogP contribution in [0.25, 0.3) is 0 Å². The van der Waals surface area contributed by atoms with E-state index >= 15 is 0 Å². The lowest BCUT2D eigenvalue weighted by Crippen LogP contribution is -2.46. The number of benzene rings is 1. The summed E-state index contributed by atoms with van der Waals surface area (Å²) >= 11 is 0. The highest BCUT2D eigenvalue weighted by Crippen LogP contribution is 2.16. The molecule has 0 bridgehead atoms. The van der Waals surface area contributed by atoms with E-state index in [1.807, 2.05) is 36.5 Å². The maximum atomic E-state index is 11.6. The molecule has 0 radical (unpaired) electrons. The van der Waals surface area contributed by atoms with Crippen LogP contribution in [0.15, 0.2) is 53.6 Å². The van der Waals surface area contributed by atoms with E-state index in [4.69, 9.17) is 0 Å². The first-order valence-electron chi connectivity index (χ1n) is 7.70. The van der Waals surface area contributed by atoms with Gasteiger partial charge in [-0.05, 0) is 29.8 Å². The minimum absolute atomic E-state index is 0.391. The maximum Gasteiger partial charge on any atom is 0.175 e. The zero-order valence-electron chi connectivity index (χ0n) is 13.2. The number of sulfone groups is 1. The predicted octanol–water partition coefficient (Wildman–Crippen LogP) is 1.81. The minimum atomic E-state index is -3.15. The van der Waals surface area contributed by atoms with Crippen LogP contribution in [0.1, 0.15) is 5.56 Å². The van der Waals surface area contributed by atoms with E-state index in [-0.39, 0.29) is 0 Å². The fraction of sp³-hybridized carbons (Fsp3) is 0.353. The van der Waals surface area contributed by atoms with Gasteiger partial charge >= 0.3 is 0 Å². The van der Waals surface area contributed by atoms with Gasteiger partial charge < -0.3 is 4.90 Å². The van der Waals surface area contributed by atoms with Crippen molar-refractivity contribution in [1.82, 2.24) is 9.88 Å². The van der Waals surface area contributed by atoms with Crippen LogP contribution in [0.5, 0.6) is 0 Å². The molecule has 1 aliphatic heterocycles. The zero-order chi connectivity index (χ0) is 16.3. The van der Waals surface area contributed by atoms with Gasteiger partial charge in [0, 0.05) is 45.2 Å². The van der Waals surface area contributed by atoms with Gasteiger partial charge in [0.2, 0.25) is 0 Å². The van der Waals surface area contributed by atoms with Crippen molar-refractivity contribution in [1.29, 1.82) is 0 Å². The summed E-state index contributed by atoms with van der Waals surface area (Å²) in [6.45, 7) is 4.53. The summed E-state index contributed by atoms with van der Waals surface area (Å²) in [4.78, 5) is 9.41. The zero-order valence-corrected chi connectivity index (χ0v) is 14.0. The second kappa shape index (κ2) is 6.68. The van der Waals surface area contributed by atoms with Crippen molar-refractivity contribution in [2.24, 2.45) is 0 Å². The number of hydrogen-bond donors (Lipinski definition) is 0. The van der Waals surface area contributed by atoms with Crippen LogP contribution in [0, 0.1) is 0 Å². The Morgan fingerprint density at radius 2 is 1.83 bits per heavy atom. The average Bonchev–Trinajstić information content (AvgIpc) is 2.56. The number of anilines is 1. The van der Waals surface area contributed by atoms with E-state index < -0.39 is 9.84 Å². The van der Waals surface area contributed by atoms with E-state index in [0.717, 1.165) is 44.1 Å². The third kappa shape index (κ3) is 4.09. The van der Waals surface area contributed by atoms with Gasteiger partial charge in [0.1, 0.15) is 5.82 Å². The molecule has 5 nitrogen and oxygen atoms in total. The van der Waals surface area contributed by atoms with Gasteiger partial charge in [0.25, 0.3) is 0 Å². The van der Waals surface area contributed by atoms with Crippen molar-refractivity contribution in [3.63, 3.8) is 0 Å². The van der Waals surface area contributed by atoms with Gasteiger partial charge in [-0.3, -0.25) is 4.90 Å². The number of nitrogens with zero attached hydrogens (tertiary/aromatic N) is 3. The number of piperazine rings is 1. The monoisotopic (exact) mass is 331 g/mol. The van der Waals surface area contributed by atoms with Crippen molar-refractivity contribution in [2.45, 2.75) is 11.4 Å². The molecule has 23 heavy (non-hydrogen) atoms. The molecular formula is C17H21N3O2S. The van der Waals surface area contributed by atoms with Crippen molar-refractivity contribution in [2.75, 3.05) is 37.3 Å². The molecule has 1 aliphatic rings. The van der Waals surface area contributed by atoms with E-state index in [2.05, 4.69) is 14.8 Å². The van der Waals surface area contributed by atoms with Crippen LogP contribution in [0.4, 0.5) is 5.82 Å². The first-order chi connectivity index (χ1) is 11.0. The summed E-state index contributed by atoms with van der Waals surface area (Å²) in [6, 6.07) is 13.2. The maximum absolute atomic E-state index is 11.6. The second-order valence-electron chi connectivity index (χ2n) is 5.87. The third-order valence-corrected chi connectivity index (χ3v) is 5.19. The van der Waals surface area contributed by atoms with Crippen molar-refractivity contribution < 1.29 is 8.42 Å². The Balaban J connectivity index is 1.61. The Bertz CT molecular complexity index is 754. The summed E-state index contributed by atoms with van der Waals surface area (Å²) in [7, 11) is -3.15. The largest absolute Gasteiger partial charge is 0.354 e. The van der Waals surface area contributed by atoms with Crippen LogP contribution < -0.4 is 4.90 Å².